The van der Waals surface area contributed by atoms with Crippen LogP contribution in [0.1, 0.15) is 47.2 Å². The summed E-state index contributed by atoms with van der Waals surface area (Å²) in [5.41, 5.74) is -1.05. The van der Waals surface area contributed by atoms with Crippen molar-refractivity contribution in [3.63, 3.8) is 0 Å². The average molecular weight is 493 g/mol. The van der Waals surface area contributed by atoms with Gasteiger partial charge in [0.05, 0.1) is 5.56 Å². The zero-order chi connectivity index (χ0) is 25.5. The normalized spacial score (nSPS) is 21.5. The van der Waals surface area contributed by atoms with Crippen molar-refractivity contribution in [2.24, 2.45) is 0 Å². The number of nitrogens with zero attached hydrogens (tertiary/aromatic N) is 1. The van der Waals surface area contributed by atoms with Crippen molar-refractivity contribution < 1.29 is 37.1 Å². The molecule has 2 heterocycles. The van der Waals surface area contributed by atoms with E-state index < -0.39 is 59.2 Å². The molecule has 3 amide bonds. The first-order chi connectivity index (χ1) is 16.5. The molecule has 7 nitrogen and oxygen atoms in total. The molecule has 2 saturated heterocycles. The zero-order valence-electron chi connectivity index (χ0n) is 18.7. The number of piperidine rings is 1. The van der Waals surface area contributed by atoms with Gasteiger partial charge in [0.2, 0.25) is 0 Å². The molecule has 0 unspecified atom stereocenters. The van der Waals surface area contributed by atoms with E-state index in [1.165, 1.54) is 19.1 Å². The van der Waals surface area contributed by atoms with Gasteiger partial charge < -0.3 is 20.6 Å². The number of carbonyl (C=O) groups excluding carboxylic acids is 2. The van der Waals surface area contributed by atoms with Crippen LogP contribution in [0.5, 0.6) is 0 Å². The molecule has 2 fully saturated rings. The lowest BCUT2D eigenvalue weighted by molar-refractivity contribution is -0.164. The minimum Gasteiger partial charge on any atom is -0.465 e. The second-order valence-corrected chi connectivity index (χ2v) is 8.90. The predicted octanol–water partition coefficient (Wildman–Crippen LogP) is 4.41. The van der Waals surface area contributed by atoms with Crippen LogP contribution in [0, 0.1) is 18.6 Å². The summed E-state index contributed by atoms with van der Waals surface area (Å²) in [6.07, 6.45) is 0.0187. The Labute approximate surface area is 198 Å². The third-order valence-corrected chi connectivity index (χ3v) is 6.55. The Balaban J connectivity index is 1.55. The van der Waals surface area contributed by atoms with Crippen molar-refractivity contribution in [2.75, 3.05) is 5.32 Å². The van der Waals surface area contributed by atoms with Gasteiger partial charge in [-0.1, -0.05) is 0 Å². The van der Waals surface area contributed by atoms with Gasteiger partial charge in [-0.25, -0.2) is 13.6 Å². The van der Waals surface area contributed by atoms with E-state index in [1.807, 2.05) is 0 Å². The predicted molar refractivity (Wildman–Crippen MR) is 117 cm³/mol. The van der Waals surface area contributed by atoms with E-state index in [0.717, 1.165) is 17.0 Å². The van der Waals surface area contributed by atoms with Crippen molar-refractivity contribution in [3.8, 4) is 0 Å². The Morgan fingerprint density at radius 3 is 2.23 bits per heavy atom. The van der Waals surface area contributed by atoms with Crippen molar-refractivity contribution in [1.29, 1.82) is 0 Å². The molecule has 0 radical (unpaired) electrons. The monoisotopic (exact) mass is 493 g/mol. The molecule has 0 spiro atoms. The molecule has 2 aromatic rings. The molecule has 0 aromatic heterocycles. The number of carboxylic acid groups (broad SMARTS) is 1. The Hall–Kier alpha value is -3.63. The molecule has 35 heavy (non-hydrogen) atoms. The third-order valence-electron chi connectivity index (χ3n) is 6.55. The molecule has 3 N–H and O–H groups in total. The summed E-state index contributed by atoms with van der Waals surface area (Å²) >= 11 is 0. The maximum absolute atomic E-state index is 15.3. The molecule has 2 aliphatic heterocycles. The summed E-state index contributed by atoms with van der Waals surface area (Å²) < 4.78 is 58.6. The first-order valence-electron chi connectivity index (χ1n) is 11.0. The fourth-order valence-corrected chi connectivity index (χ4v) is 4.91. The van der Waals surface area contributed by atoms with Crippen molar-refractivity contribution in [2.45, 2.75) is 56.7 Å². The number of benzene rings is 2. The first kappa shape index (κ1) is 24.5. The van der Waals surface area contributed by atoms with Crippen LogP contribution >= 0.6 is 0 Å². The number of alkyl halides is 2. The molecule has 0 saturated carbocycles. The van der Waals surface area contributed by atoms with Crippen molar-refractivity contribution in [1.82, 2.24) is 10.2 Å². The second kappa shape index (κ2) is 9.20. The topological polar surface area (TPSA) is 98.7 Å². The van der Waals surface area contributed by atoms with E-state index in [-0.39, 0.29) is 29.7 Å². The number of nitrogens with one attached hydrogen (secondary N) is 2. The summed E-state index contributed by atoms with van der Waals surface area (Å²) in [6, 6.07) is 4.48. The smallest absolute Gasteiger partial charge is 0.404 e. The first-order valence-corrected chi connectivity index (χ1v) is 11.0. The molecular formula is C24H23F4N3O4. The van der Waals surface area contributed by atoms with Crippen LogP contribution in [0.15, 0.2) is 36.4 Å². The highest BCUT2D eigenvalue weighted by molar-refractivity contribution is 6.04. The van der Waals surface area contributed by atoms with Gasteiger partial charge in [0.25, 0.3) is 11.8 Å². The van der Waals surface area contributed by atoms with Crippen LogP contribution in [0.4, 0.5) is 28.0 Å². The van der Waals surface area contributed by atoms with Crippen molar-refractivity contribution >= 4 is 23.6 Å². The van der Waals surface area contributed by atoms with E-state index in [2.05, 4.69) is 10.6 Å². The van der Waals surface area contributed by atoms with Gasteiger partial charge in [0, 0.05) is 29.4 Å². The number of amides is 3. The number of hydrogen-bond donors (Lipinski definition) is 3. The van der Waals surface area contributed by atoms with E-state index >= 15 is 8.78 Å². The zero-order valence-corrected chi connectivity index (χ0v) is 18.7. The van der Waals surface area contributed by atoms with Crippen LogP contribution in [-0.4, -0.2) is 46.0 Å². The van der Waals surface area contributed by atoms with Crippen LogP contribution < -0.4 is 10.6 Å². The lowest BCUT2D eigenvalue weighted by Crippen LogP contribution is -2.55. The molecule has 4 rings (SSSR count). The SMILES string of the molecule is Cc1cc(NC(=O)c2ccc(F)c(C(F)(F)C(=O)N3[C@@H]4CC[C@H]3C[C@@H](NC(=O)O)C4)c2)ccc1F. The van der Waals surface area contributed by atoms with Crippen LogP contribution in [-0.2, 0) is 10.7 Å². The maximum Gasteiger partial charge on any atom is 0.404 e. The number of hydrogen-bond acceptors (Lipinski definition) is 3. The van der Waals surface area contributed by atoms with Crippen LogP contribution in [0.3, 0.4) is 0 Å². The van der Waals surface area contributed by atoms with Gasteiger partial charge in [-0.05, 0) is 74.6 Å². The lowest BCUT2D eigenvalue weighted by atomic mass is 9.95. The summed E-state index contributed by atoms with van der Waals surface area (Å²) in [5, 5.41) is 13.7. The molecule has 3 atom stereocenters. The molecular weight excluding hydrogens is 470 g/mol. The maximum atomic E-state index is 15.3. The molecule has 2 aromatic carbocycles. The Kier molecular flexibility index (Phi) is 6.44. The number of rotatable bonds is 5. The number of halogens is 4. The molecule has 2 aliphatic rings. The van der Waals surface area contributed by atoms with Gasteiger partial charge in [-0.3, -0.25) is 9.59 Å². The second-order valence-electron chi connectivity index (χ2n) is 8.90. The highest BCUT2D eigenvalue weighted by Gasteiger charge is 2.53. The van der Waals surface area contributed by atoms with E-state index in [0.29, 0.717) is 25.0 Å². The van der Waals surface area contributed by atoms with Gasteiger partial charge in [-0.15, -0.1) is 0 Å². The fourth-order valence-electron chi connectivity index (χ4n) is 4.91. The molecule has 0 aliphatic carbocycles. The van der Waals surface area contributed by atoms with E-state index in [4.69, 9.17) is 5.11 Å². The summed E-state index contributed by atoms with van der Waals surface area (Å²) in [6.45, 7) is 1.49. The van der Waals surface area contributed by atoms with Gasteiger partial charge in [0.1, 0.15) is 11.6 Å². The Morgan fingerprint density at radius 1 is 1.00 bits per heavy atom. The van der Waals surface area contributed by atoms with Gasteiger partial charge in [0.15, 0.2) is 0 Å². The number of aryl methyl sites for hydroxylation is 1. The standard InChI is InChI=1S/C24H23F4N3O4/c1-12-8-14(3-7-19(12)25)29-21(32)13-2-6-20(26)18(9-13)24(27,28)22(33)31-16-4-5-17(31)11-15(10-16)30-23(34)35/h2-3,6-9,15-17,30H,4-5,10-11H2,1H3,(H,29,32)(H,34,35)/t15-,16+,17-. The molecule has 11 heteroatoms. The third kappa shape index (κ3) is 4.80. The Bertz CT molecular complexity index is 1180. The van der Waals surface area contributed by atoms with E-state index in [9.17, 15) is 23.2 Å². The lowest BCUT2D eigenvalue weighted by Gasteiger charge is -2.40. The summed E-state index contributed by atoms with van der Waals surface area (Å²) in [4.78, 5) is 37.5. The summed E-state index contributed by atoms with van der Waals surface area (Å²) in [7, 11) is 0. The van der Waals surface area contributed by atoms with Gasteiger partial charge in [-0.2, -0.15) is 8.78 Å². The quantitative estimate of drug-likeness (QED) is 0.538. The van der Waals surface area contributed by atoms with Crippen molar-refractivity contribution in [3.05, 3.63) is 64.7 Å². The average Bonchev–Trinajstić information content (AvgIpc) is 3.05. The van der Waals surface area contributed by atoms with E-state index in [1.54, 1.807) is 0 Å². The number of carbonyl (C=O) groups is 3. The summed E-state index contributed by atoms with van der Waals surface area (Å²) in [5.74, 6) is -8.49. The highest BCUT2D eigenvalue weighted by atomic mass is 19.3. The number of fused-ring (bicyclic) bond motifs is 2. The minimum absolute atomic E-state index is 0.187. The van der Waals surface area contributed by atoms with Crippen LogP contribution in [0.25, 0.3) is 0 Å². The Morgan fingerprint density at radius 2 is 1.63 bits per heavy atom. The minimum atomic E-state index is -4.25. The van der Waals surface area contributed by atoms with Crippen LogP contribution in [0.2, 0.25) is 0 Å². The molecule has 186 valence electrons. The number of anilines is 1. The highest BCUT2D eigenvalue weighted by Crippen LogP contribution is 2.41. The largest absolute Gasteiger partial charge is 0.465 e. The van der Waals surface area contributed by atoms with Gasteiger partial charge >= 0.3 is 12.0 Å². The molecule has 2 bridgehead atoms. The fraction of sp³-hybridized carbons (Fsp3) is 0.375.